The molecule has 0 rings (SSSR count). The van der Waals surface area contributed by atoms with E-state index < -0.39 is 0 Å². The molecular weight excluding hydrogens is 568 g/mol. The lowest BCUT2D eigenvalue weighted by atomic mass is 10.1. The van der Waals surface area contributed by atoms with E-state index in [0.717, 1.165) is 12.8 Å². The molecule has 44 heavy (non-hydrogen) atoms. The van der Waals surface area contributed by atoms with Gasteiger partial charge in [0.25, 0.3) is 0 Å². The van der Waals surface area contributed by atoms with Crippen LogP contribution in [0.15, 0.2) is 12.2 Å². The molecule has 0 atom stereocenters. The second-order valence-corrected chi connectivity index (χ2v) is 10.6. The van der Waals surface area contributed by atoms with Crippen molar-refractivity contribution in [1.82, 2.24) is 0 Å². The largest absolute Gasteiger partial charge is 0.463 e. The zero-order valence-corrected chi connectivity index (χ0v) is 28.0. The van der Waals surface area contributed by atoms with Gasteiger partial charge >= 0.3 is 5.97 Å². The lowest BCUT2D eigenvalue weighted by molar-refractivity contribution is -0.145. The zero-order chi connectivity index (χ0) is 31.9. The van der Waals surface area contributed by atoms with E-state index in [1.165, 1.54) is 70.6 Å². The lowest BCUT2D eigenvalue weighted by Gasteiger charge is -2.08. The second kappa shape index (κ2) is 39.9. The molecule has 0 spiro atoms. The van der Waals surface area contributed by atoms with Gasteiger partial charge in [-0.05, 0) is 32.1 Å². The summed E-state index contributed by atoms with van der Waals surface area (Å²) in [6.07, 6.45) is 21.4. The smallest absolute Gasteiger partial charge is 0.305 e. The number of allylic oxidation sites excluding steroid dienone is 2. The van der Waals surface area contributed by atoms with E-state index in [1.807, 2.05) is 0 Å². The molecule has 0 heterocycles. The summed E-state index contributed by atoms with van der Waals surface area (Å²) >= 11 is 0. The van der Waals surface area contributed by atoms with Crippen LogP contribution in [0.2, 0.25) is 0 Å². The standard InChI is InChI=1S/C34H66O10/c1-2-3-4-5-6-7-8-9-10-11-12-13-14-15-16-17-34(36)44-33-32-43-31-30-42-29-28-41-27-26-40-25-24-39-23-22-38-21-20-37-19-18-35/h9-10,35H,2-8,11-33H2,1H3/b10-9+. The average Bonchev–Trinajstić information content (AvgIpc) is 3.03. The number of hydrogen-bond donors (Lipinski definition) is 1. The highest BCUT2D eigenvalue weighted by Crippen LogP contribution is 2.10. The first kappa shape index (κ1) is 42.9. The quantitative estimate of drug-likeness (QED) is 0.0518. The number of carbonyl (C=O) groups excluding carboxylic acids is 1. The van der Waals surface area contributed by atoms with Crippen molar-refractivity contribution in [2.24, 2.45) is 0 Å². The number of esters is 1. The molecule has 10 heteroatoms. The fraction of sp³-hybridized carbons (Fsp3) is 0.912. The molecule has 0 amide bonds. The molecule has 0 aliphatic heterocycles. The SMILES string of the molecule is CCCCCCCC/C=C/CCCCCCCC(=O)OCCOCCOCCOCCOCCOCCOCCOCCO. The van der Waals surface area contributed by atoms with Crippen molar-refractivity contribution >= 4 is 5.97 Å². The summed E-state index contributed by atoms with van der Waals surface area (Å²) in [5, 5.41) is 8.58. The van der Waals surface area contributed by atoms with Gasteiger partial charge in [-0.1, -0.05) is 70.4 Å². The predicted molar refractivity (Wildman–Crippen MR) is 173 cm³/mol. The highest BCUT2D eigenvalue weighted by atomic mass is 16.6. The van der Waals surface area contributed by atoms with Gasteiger partial charge in [0, 0.05) is 6.42 Å². The third kappa shape index (κ3) is 38.9. The Morgan fingerprint density at radius 2 is 0.795 bits per heavy atom. The van der Waals surface area contributed by atoms with Gasteiger partial charge in [0.15, 0.2) is 0 Å². The maximum absolute atomic E-state index is 11.8. The Morgan fingerprint density at radius 3 is 1.20 bits per heavy atom. The molecular formula is C34H66O10. The molecule has 10 nitrogen and oxygen atoms in total. The predicted octanol–water partition coefficient (Wildman–Crippen LogP) is 5.68. The minimum atomic E-state index is -0.140. The van der Waals surface area contributed by atoms with Gasteiger partial charge in [-0.25, -0.2) is 0 Å². The maximum Gasteiger partial charge on any atom is 0.305 e. The first-order chi connectivity index (χ1) is 21.8. The minimum absolute atomic E-state index is 0.0260. The van der Waals surface area contributed by atoms with E-state index in [0.29, 0.717) is 98.9 Å². The number of rotatable bonds is 38. The molecule has 0 radical (unpaired) electrons. The summed E-state index contributed by atoms with van der Waals surface area (Å²) in [5.41, 5.74) is 0. The average molecular weight is 635 g/mol. The molecule has 0 aliphatic rings. The first-order valence-electron chi connectivity index (χ1n) is 17.3. The monoisotopic (exact) mass is 634 g/mol. The van der Waals surface area contributed by atoms with Crippen molar-refractivity contribution in [1.29, 1.82) is 0 Å². The fourth-order valence-electron chi connectivity index (χ4n) is 4.11. The van der Waals surface area contributed by atoms with Crippen molar-refractivity contribution in [2.45, 2.75) is 96.8 Å². The van der Waals surface area contributed by atoms with Crippen LogP contribution in [0.4, 0.5) is 0 Å². The third-order valence-corrected chi connectivity index (χ3v) is 6.60. The minimum Gasteiger partial charge on any atom is -0.463 e. The van der Waals surface area contributed by atoms with Gasteiger partial charge < -0.3 is 43.0 Å². The number of unbranched alkanes of at least 4 members (excludes halogenated alkanes) is 11. The summed E-state index contributed by atoms with van der Waals surface area (Å²) in [6.45, 7) is 9.18. The summed E-state index contributed by atoms with van der Waals surface area (Å²) in [5.74, 6) is -0.140. The molecule has 0 fully saturated rings. The molecule has 0 saturated heterocycles. The van der Waals surface area contributed by atoms with Gasteiger partial charge in [-0.15, -0.1) is 0 Å². The van der Waals surface area contributed by atoms with Crippen LogP contribution >= 0.6 is 0 Å². The van der Waals surface area contributed by atoms with E-state index >= 15 is 0 Å². The van der Waals surface area contributed by atoms with E-state index in [2.05, 4.69) is 19.1 Å². The molecule has 0 aromatic heterocycles. The normalized spacial score (nSPS) is 11.6. The van der Waals surface area contributed by atoms with Crippen LogP contribution in [0.3, 0.4) is 0 Å². The Kier molecular flexibility index (Phi) is 38.9. The second-order valence-electron chi connectivity index (χ2n) is 10.6. The Balaban J connectivity index is 3.17. The van der Waals surface area contributed by atoms with Crippen LogP contribution in [0, 0.1) is 0 Å². The Bertz CT molecular complexity index is 576. The van der Waals surface area contributed by atoms with E-state index in [-0.39, 0.29) is 19.2 Å². The van der Waals surface area contributed by atoms with Gasteiger partial charge in [0.2, 0.25) is 0 Å². The van der Waals surface area contributed by atoms with Crippen molar-refractivity contribution in [3.05, 3.63) is 12.2 Å². The van der Waals surface area contributed by atoms with Crippen LogP contribution in [0.1, 0.15) is 96.8 Å². The molecule has 262 valence electrons. The van der Waals surface area contributed by atoms with Crippen molar-refractivity contribution < 1.29 is 47.8 Å². The Labute approximate surface area is 268 Å². The fourth-order valence-corrected chi connectivity index (χ4v) is 4.11. The van der Waals surface area contributed by atoms with Gasteiger partial charge in [0.05, 0.1) is 99.1 Å². The molecule has 0 aliphatic carbocycles. The molecule has 0 aromatic rings. The topological polar surface area (TPSA) is 111 Å². The highest BCUT2D eigenvalue weighted by molar-refractivity contribution is 5.69. The van der Waals surface area contributed by atoms with Crippen LogP contribution in [0.5, 0.6) is 0 Å². The third-order valence-electron chi connectivity index (χ3n) is 6.60. The number of aliphatic hydroxyl groups excluding tert-OH is 1. The number of hydrogen-bond acceptors (Lipinski definition) is 10. The van der Waals surface area contributed by atoms with E-state index in [9.17, 15) is 4.79 Å². The number of ether oxygens (including phenoxy) is 8. The number of carbonyl (C=O) groups is 1. The maximum atomic E-state index is 11.8. The lowest BCUT2D eigenvalue weighted by Crippen LogP contribution is -2.15. The van der Waals surface area contributed by atoms with Crippen LogP contribution in [0.25, 0.3) is 0 Å². The Morgan fingerprint density at radius 1 is 0.455 bits per heavy atom. The molecule has 0 unspecified atom stereocenters. The van der Waals surface area contributed by atoms with Gasteiger partial charge in [-0.3, -0.25) is 4.79 Å². The number of aliphatic hydroxyl groups is 1. The van der Waals surface area contributed by atoms with Crippen molar-refractivity contribution in [3.8, 4) is 0 Å². The van der Waals surface area contributed by atoms with Crippen LogP contribution < -0.4 is 0 Å². The van der Waals surface area contributed by atoms with Crippen molar-refractivity contribution in [3.63, 3.8) is 0 Å². The molecule has 0 saturated carbocycles. The first-order valence-corrected chi connectivity index (χ1v) is 17.3. The van der Waals surface area contributed by atoms with Crippen LogP contribution in [-0.4, -0.2) is 117 Å². The van der Waals surface area contributed by atoms with Gasteiger partial charge in [0.1, 0.15) is 6.61 Å². The Hall–Kier alpha value is -1.11. The van der Waals surface area contributed by atoms with Gasteiger partial charge in [-0.2, -0.15) is 0 Å². The zero-order valence-electron chi connectivity index (χ0n) is 28.0. The van der Waals surface area contributed by atoms with E-state index in [4.69, 9.17) is 43.0 Å². The molecule has 0 aromatic carbocycles. The van der Waals surface area contributed by atoms with Crippen LogP contribution in [-0.2, 0) is 42.7 Å². The molecule has 0 bridgehead atoms. The summed E-state index contributed by atoms with van der Waals surface area (Å²) in [7, 11) is 0. The molecule has 1 N–H and O–H groups in total. The highest BCUT2D eigenvalue weighted by Gasteiger charge is 2.02. The summed E-state index contributed by atoms with van der Waals surface area (Å²) in [4.78, 5) is 11.8. The van der Waals surface area contributed by atoms with E-state index in [1.54, 1.807) is 0 Å². The summed E-state index contributed by atoms with van der Waals surface area (Å²) in [6, 6.07) is 0. The van der Waals surface area contributed by atoms with Crippen molar-refractivity contribution in [2.75, 3.05) is 106 Å². The summed E-state index contributed by atoms with van der Waals surface area (Å²) < 4.78 is 42.9.